The van der Waals surface area contributed by atoms with E-state index in [9.17, 15) is 9.59 Å². The molecular formula is C28H39NO2S. The Bertz CT molecular complexity index is 875. The van der Waals surface area contributed by atoms with Crippen LogP contribution in [0.4, 0.5) is 0 Å². The summed E-state index contributed by atoms with van der Waals surface area (Å²) in [5.41, 5.74) is 3.60. The Balaban J connectivity index is 1.44. The number of nitrogens with zero attached hydrogens (tertiary/aromatic N) is 1. The van der Waals surface area contributed by atoms with Crippen molar-refractivity contribution in [3.8, 4) is 0 Å². The standard InChI is InChI=1S/C28H39NO2S/c1-22-12-14-23(15-13-22)10-6-4-7-11-24-16-19-32-27(24)25(30)20-28(2,3)21-26(31)29-17-8-5-9-18-29/h12-16,19H,4-11,17-18,20-21H2,1-3H3. The topological polar surface area (TPSA) is 37.4 Å². The van der Waals surface area contributed by atoms with Crippen molar-refractivity contribution in [2.24, 2.45) is 5.41 Å². The minimum Gasteiger partial charge on any atom is -0.343 e. The predicted octanol–water partition coefficient (Wildman–Crippen LogP) is 7.01. The number of aryl methyl sites for hydroxylation is 3. The second-order valence-electron chi connectivity index (χ2n) is 10.2. The average Bonchev–Trinajstić information content (AvgIpc) is 3.23. The van der Waals surface area contributed by atoms with Crippen LogP contribution >= 0.6 is 11.3 Å². The summed E-state index contributed by atoms with van der Waals surface area (Å²) in [6.07, 6.45) is 9.88. The number of thiophene rings is 1. The minimum absolute atomic E-state index is 0.200. The number of benzene rings is 1. The highest BCUT2D eigenvalue weighted by molar-refractivity contribution is 7.12. The molecule has 1 aromatic carbocycles. The van der Waals surface area contributed by atoms with Gasteiger partial charge >= 0.3 is 0 Å². The van der Waals surface area contributed by atoms with E-state index in [1.807, 2.05) is 10.3 Å². The molecule has 0 bridgehead atoms. The van der Waals surface area contributed by atoms with E-state index in [-0.39, 0.29) is 17.1 Å². The van der Waals surface area contributed by atoms with Crippen molar-refractivity contribution < 1.29 is 9.59 Å². The van der Waals surface area contributed by atoms with E-state index in [0.717, 1.165) is 50.1 Å². The van der Waals surface area contributed by atoms with Crippen LogP contribution in [0.5, 0.6) is 0 Å². The molecule has 1 fully saturated rings. The molecular weight excluding hydrogens is 414 g/mol. The van der Waals surface area contributed by atoms with Gasteiger partial charge in [0.05, 0.1) is 4.88 Å². The summed E-state index contributed by atoms with van der Waals surface area (Å²) in [6, 6.07) is 10.9. The number of rotatable bonds is 11. The van der Waals surface area contributed by atoms with E-state index < -0.39 is 0 Å². The number of carbonyl (C=O) groups is 2. The molecule has 1 aromatic heterocycles. The molecule has 4 heteroatoms. The van der Waals surface area contributed by atoms with Crippen LogP contribution in [0.1, 0.15) is 91.6 Å². The van der Waals surface area contributed by atoms with Gasteiger partial charge in [-0.3, -0.25) is 9.59 Å². The molecule has 3 rings (SSSR count). The first kappa shape index (κ1) is 24.7. The monoisotopic (exact) mass is 453 g/mol. The Kier molecular flexibility index (Phi) is 9.10. The van der Waals surface area contributed by atoms with Crippen LogP contribution in [0, 0.1) is 12.3 Å². The van der Waals surface area contributed by atoms with Crippen LogP contribution in [0.15, 0.2) is 35.7 Å². The maximum absolute atomic E-state index is 13.1. The maximum atomic E-state index is 13.1. The highest BCUT2D eigenvalue weighted by Gasteiger charge is 2.29. The van der Waals surface area contributed by atoms with Crippen molar-refractivity contribution in [2.75, 3.05) is 13.1 Å². The lowest BCUT2D eigenvalue weighted by molar-refractivity contribution is -0.134. The highest BCUT2D eigenvalue weighted by Crippen LogP contribution is 2.31. The quantitative estimate of drug-likeness (QED) is 0.271. The van der Waals surface area contributed by atoms with Crippen LogP contribution in [0.2, 0.25) is 0 Å². The van der Waals surface area contributed by atoms with Crippen LogP contribution in [-0.2, 0) is 17.6 Å². The number of unbranched alkanes of at least 4 members (excludes halogenated alkanes) is 2. The van der Waals surface area contributed by atoms with Crippen molar-refractivity contribution in [3.05, 3.63) is 57.3 Å². The lowest BCUT2D eigenvalue weighted by Crippen LogP contribution is -2.38. The van der Waals surface area contributed by atoms with Crippen molar-refractivity contribution in [2.45, 2.75) is 85.0 Å². The largest absolute Gasteiger partial charge is 0.343 e. The van der Waals surface area contributed by atoms with Gasteiger partial charge in [0, 0.05) is 25.9 Å². The van der Waals surface area contributed by atoms with Gasteiger partial charge in [-0.05, 0) is 79.9 Å². The number of hydrogen-bond acceptors (Lipinski definition) is 3. The third-order valence-electron chi connectivity index (χ3n) is 6.51. The number of piperidine rings is 1. The van der Waals surface area contributed by atoms with Crippen LogP contribution in [0.3, 0.4) is 0 Å². The fraction of sp³-hybridized carbons (Fsp3) is 0.571. The fourth-order valence-corrected chi connectivity index (χ4v) is 5.49. The molecule has 1 aliphatic heterocycles. The maximum Gasteiger partial charge on any atom is 0.223 e. The Labute approximate surface area is 198 Å². The van der Waals surface area contributed by atoms with E-state index in [1.54, 1.807) is 11.3 Å². The molecule has 2 aromatic rings. The first-order valence-corrected chi connectivity index (χ1v) is 13.1. The molecule has 1 amide bonds. The van der Waals surface area contributed by atoms with Gasteiger partial charge in [-0.1, -0.05) is 50.1 Å². The van der Waals surface area contributed by atoms with E-state index in [1.165, 1.54) is 36.0 Å². The van der Waals surface area contributed by atoms with Gasteiger partial charge < -0.3 is 4.90 Å². The molecule has 3 nitrogen and oxygen atoms in total. The molecule has 0 unspecified atom stereocenters. The summed E-state index contributed by atoms with van der Waals surface area (Å²) < 4.78 is 0. The fourth-order valence-electron chi connectivity index (χ4n) is 4.60. The number of likely N-dealkylation sites (tertiary alicyclic amines) is 1. The van der Waals surface area contributed by atoms with E-state index in [0.29, 0.717) is 12.8 Å². The van der Waals surface area contributed by atoms with Crippen LogP contribution < -0.4 is 0 Å². The molecule has 0 saturated carbocycles. The van der Waals surface area contributed by atoms with Crippen LogP contribution in [-0.4, -0.2) is 29.7 Å². The molecule has 0 N–H and O–H groups in total. The first-order chi connectivity index (χ1) is 15.3. The summed E-state index contributed by atoms with van der Waals surface area (Å²) in [4.78, 5) is 28.7. The van der Waals surface area contributed by atoms with Crippen molar-refractivity contribution in [1.29, 1.82) is 0 Å². The Morgan fingerprint density at radius 1 is 0.906 bits per heavy atom. The third kappa shape index (κ3) is 7.58. The summed E-state index contributed by atoms with van der Waals surface area (Å²) >= 11 is 1.56. The third-order valence-corrected chi connectivity index (χ3v) is 7.51. The zero-order chi connectivity index (χ0) is 23.0. The number of Topliss-reactive ketones (excluding diaryl/α,β-unsaturated/α-hetero) is 1. The Morgan fingerprint density at radius 3 is 2.31 bits per heavy atom. The van der Waals surface area contributed by atoms with Gasteiger partial charge in [0.2, 0.25) is 5.91 Å². The van der Waals surface area contributed by atoms with Crippen molar-refractivity contribution in [3.63, 3.8) is 0 Å². The summed E-state index contributed by atoms with van der Waals surface area (Å²) in [7, 11) is 0. The molecule has 174 valence electrons. The first-order valence-electron chi connectivity index (χ1n) is 12.3. The molecule has 32 heavy (non-hydrogen) atoms. The zero-order valence-electron chi connectivity index (χ0n) is 20.1. The summed E-state index contributed by atoms with van der Waals surface area (Å²) in [5, 5.41) is 2.04. The predicted molar refractivity (Wildman–Crippen MR) is 135 cm³/mol. The molecule has 0 atom stereocenters. The normalized spacial score (nSPS) is 14.5. The Hall–Kier alpha value is -1.94. The van der Waals surface area contributed by atoms with E-state index in [2.05, 4.69) is 51.1 Å². The summed E-state index contributed by atoms with van der Waals surface area (Å²) in [5.74, 6) is 0.411. The number of amides is 1. The molecule has 0 radical (unpaired) electrons. The van der Waals surface area contributed by atoms with Gasteiger partial charge in [0.15, 0.2) is 5.78 Å². The van der Waals surface area contributed by atoms with Gasteiger partial charge in [0.25, 0.3) is 0 Å². The molecule has 1 aliphatic rings. The smallest absolute Gasteiger partial charge is 0.223 e. The number of carbonyl (C=O) groups excluding carboxylic acids is 2. The highest BCUT2D eigenvalue weighted by atomic mass is 32.1. The van der Waals surface area contributed by atoms with Gasteiger partial charge in [-0.2, -0.15) is 0 Å². The van der Waals surface area contributed by atoms with Gasteiger partial charge in [0.1, 0.15) is 0 Å². The molecule has 0 aliphatic carbocycles. The van der Waals surface area contributed by atoms with Gasteiger partial charge in [-0.15, -0.1) is 11.3 Å². The average molecular weight is 454 g/mol. The second kappa shape index (κ2) is 11.8. The second-order valence-corrected chi connectivity index (χ2v) is 11.1. The lowest BCUT2D eigenvalue weighted by Gasteiger charge is -2.31. The molecule has 0 spiro atoms. The summed E-state index contributed by atoms with van der Waals surface area (Å²) in [6.45, 7) is 8.00. The van der Waals surface area contributed by atoms with Crippen LogP contribution in [0.25, 0.3) is 0 Å². The Morgan fingerprint density at radius 2 is 1.59 bits per heavy atom. The molecule has 1 saturated heterocycles. The zero-order valence-corrected chi connectivity index (χ0v) is 20.9. The SMILES string of the molecule is Cc1ccc(CCCCCc2ccsc2C(=O)CC(C)(C)CC(=O)N2CCCCC2)cc1. The molecule has 2 heterocycles. The van der Waals surface area contributed by atoms with Crippen molar-refractivity contribution in [1.82, 2.24) is 4.90 Å². The van der Waals surface area contributed by atoms with Gasteiger partial charge in [-0.25, -0.2) is 0 Å². The lowest BCUT2D eigenvalue weighted by atomic mass is 9.82. The van der Waals surface area contributed by atoms with E-state index >= 15 is 0 Å². The minimum atomic E-state index is -0.305. The number of hydrogen-bond donors (Lipinski definition) is 0. The number of ketones is 1. The van der Waals surface area contributed by atoms with Crippen molar-refractivity contribution >= 4 is 23.0 Å². The van der Waals surface area contributed by atoms with E-state index in [4.69, 9.17) is 0 Å².